The summed E-state index contributed by atoms with van der Waals surface area (Å²) < 4.78 is 0. The Morgan fingerprint density at radius 2 is 1.91 bits per heavy atom. The summed E-state index contributed by atoms with van der Waals surface area (Å²) in [6.07, 6.45) is 12.8. The summed E-state index contributed by atoms with van der Waals surface area (Å²) in [7, 11) is 0. The average molecular weight is 437 g/mol. The number of guanidine groups is 1. The topological polar surface area (TPSA) is 56.7 Å². The molecule has 23 heavy (non-hydrogen) atoms. The van der Waals surface area contributed by atoms with E-state index in [-0.39, 0.29) is 29.4 Å². The summed E-state index contributed by atoms with van der Waals surface area (Å²) in [6, 6.07) is 0. The Kier molecular flexibility index (Phi) is 10.5. The lowest BCUT2D eigenvalue weighted by Crippen LogP contribution is -2.39. The molecule has 2 aliphatic rings. The Hall–Kier alpha value is -0.0400. The number of halogens is 1. The highest BCUT2D eigenvalue weighted by Crippen LogP contribution is 2.39. The SMILES string of the molecule is CCNC(=NCC1(CCO)CCCCC1)NCCCC1CC1.I. The van der Waals surface area contributed by atoms with Crippen LogP contribution < -0.4 is 10.6 Å². The van der Waals surface area contributed by atoms with Gasteiger partial charge in [-0.15, -0.1) is 24.0 Å². The molecule has 2 aliphatic carbocycles. The molecular weight excluding hydrogens is 401 g/mol. The highest BCUT2D eigenvalue weighted by Gasteiger charge is 2.31. The molecule has 0 aromatic heterocycles. The van der Waals surface area contributed by atoms with E-state index >= 15 is 0 Å². The Morgan fingerprint density at radius 3 is 2.52 bits per heavy atom. The van der Waals surface area contributed by atoms with Crippen molar-refractivity contribution < 1.29 is 5.11 Å². The molecule has 0 bridgehead atoms. The first-order chi connectivity index (χ1) is 10.8. The number of hydrogen-bond acceptors (Lipinski definition) is 2. The second-order valence-corrected chi connectivity index (χ2v) is 7.24. The van der Waals surface area contributed by atoms with Gasteiger partial charge in [0.15, 0.2) is 5.96 Å². The first-order valence-electron chi connectivity index (χ1n) is 9.41. The number of aliphatic hydroxyl groups excluding tert-OH is 1. The van der Waals surface area contributed by atoms with Crippen LogP contribution in [0.5, 0.6) is 0 Å². The second kappa shape index (κ2) is 11.5. The number of hydrogen-bond donors (Lipinski definition) is 3. The third-order valence-electron chi connectivity index (χ3n) is 5.25. The molecule has 0 aliphatic heterocycles. The quantitative estimate of drug-likeness (QED) is 0.223. The van der Waals surface area contributed by atoms with Gasteiger partial charge in [0.2, 0.25) is 0 Å². The van der Waals surface area contributed by atoms with Gasteiger partial charge in [-0.2, -0.15) is 0 Å². The van der Waals surface area contributed by atoms with Crippen molar-refractivity contribution in [2.75, 3.05) is 26.2 Å². The van der Waals surface area contributed by atoms with Crippen LogP contribution in [0.2, 0.25) is 0 Å². The van der Waals surface area contributed by atoms with E-state index < -0.39 is 0 Å². The molecule has 2 saturated carbocycles. The van der Waals surface area contributed by atoms with Crippen LogP contribution in [0.3, 0.4) is 0 Å². The van der Waals surface area contributed by atoms with E-state index in [1.807, 2.05) is 0 Å². The van der Waals surface area contributed by atoms with E-state index in [9.17, 15) is 5.11 Å². The van der Waals surface area contributed by atoms with Gasteiger partial charge in [0.1, 0.15) is 0 Å². The Balaban J connectivity index is 0.00000264. The maximum absolute atomic E-state index is 9.40. The zero-order valence-electron chi connectivity index (χ0n) is 14.8. The van der Waals surface area contributed by atoms with E-state index in [4.69, 9.17) is 4.99 Å². The average Bonchev–Trinajstić information content (AvgIpc) is 3.34. The van der Waals surface area contributed by atoms with Crippen LogP contribution in [0.1, 0.15) is 71.1 Å². The Bertz CT molecular complexity index is 334. The van der Waals surface area contributed by atoms with Gasteiger partial charge in [0.05, 0.1) is 0 Å². The maximum atomic E-state index is 9.40. The smallest absolute Gasteiger partial charge is 0.191 e. The molecule has 136 valence electrons. The summed E-state index contributed by atoms with van der Waals surface area (Å²) in [5.41, 5.74) is 0.239. The predicted molar refractivity (Wildman–Crippen MR) is 109 cm³/mol. The first kappa shape index (κ1) is 21.0. The molecule has 3 N–H and O–H groups in total. The molecule has 4 nitrogen and oxygen atoms in total. The van der Waals surface area contributed by atoms with Crippen molar-refractivity contribution in [2.45, 2.75) is 71.1 Å². The third-order valence-corrected chi connectivity index (χ3v) is 5.25. The molecular formula is C18H36IN3O. The molecule has 0 amide bonds. The zero-order chi connectivity index (χ0) is 15.7. The fourth-order valence-electron chi connectivity index (χ4n) is 3.62. The van der Waals surface area contributed by atoms with E-state index in [2.05, 4.69) is 17.6 Å². The van der Waals surface area contributed by atoms with Gasteiger partial charge in [0, 0.05) is 26.2 Å². The molecule has 0 spiro atoms. The molecule has 2 fully saturated rings. The third kappa shape index (κ3) is 8.05. The van der Waals surface area contributed by atoms with Crippen LogP contribution in [0.15, 0.2) is 4.99 Å². The molecule has 2 rings (SSSR count). The molecule has 0 unspecified atom stereocenters. The predicted octanol–water partition coefficient (Wildman–Crippen LogP) is 3.68. The largest absolute Gasteiger partial charge is 0.396 e. The molecule has 0 saturated heterocycles. The minimum Gasteiger partial charge on any atom is -0.396 e. The van der Waals surface area contributed by atoms with E-state index in [1.165, 1.54) is 57.8 Å². The minimum atomic E-state index is 0. The normalized spacial score (nSPS) is 20.7. The lowest BCUT2D eigenvalue weighted by Gasteiger charge is -2.35. The zero-order valence-corrected chi connectivity index (χ0v) is 17.1. The maximum Gasteiger partial charge on any atom is 0.191 e. The summed E-state index contributed by atoms with van der Waals surface area (Å²) in [5, 5.41) is 16.2. The lowest BCUT2D eigenvalue weighted by molar-refractivity contribution is 0.137. The van der Waals surface area contributed by atoms with Crippen LogP contribution in [0.25, 0.3) is 0 Å². The monoisotopic (exact) mass is 437 g/mol. The van der Waals surface area contributed by atoms with Gasteiger partial charge in [-0.1, -0.05) is 32.1 Å². The second-order valence-electron chi connectivity index (χ2n) is 7.24. The van der Waals surface area contributed by atoms with Crippen LogP contribution in [0.4, 0.5) is 0 Å². The van der Waals surface area contributed by atoms with Gasteiger partial charge in [-0.3, -0.25) is 4.99 Å². The van der Waals surface area contributed by atoms with Gasteiger partial charge in [-0.05, 0) is 50.4 Å². The molecule has 0 heterocycles. The van der Waals surface area contributed by atoms with Crippen LogP contribution in [-0.4, -0.2) is 37.3 Å². The molecule has 5 heteroatoms. The highest BCUT2D eigenvalue weighted by atomic mass is 127. The van der Waals surface area contributed by atoms with Crippen molar-refractivity contribution in [1.82, 2.24) is 10.6 Å². The summed E-state index contributed by atoms with van der Waals surface area (Å²) in [4.78, 5) is 4.84. The van der Waals surface area contributed by atoms with Gasteiger partial charge in [0.25, 0.3) is 0 Å². The molecule has 0 aromatic carbocycles. The lowest BCUT2D eigenvalue weighted by atomic mass is 9.72. The molecule has 0 atom stereocenters. The Morgan fingerprint density at radius 1 is 1.17 bits per heavy atom. The molecule has 0 aromatic rings. The van der Waals surface area contributed by atoms with Crippen molar-refractivity contribution in [1.29, 1.82) is 0 Å². The molecule has 0 radical (unpaired) electrons. The number of rotatable bonds is 9. The van der Waals surface area contributed by atoms with Crippen LogP contribution in [-0.2, 0) is 0 Å². The van der Waals surface area contributed by atoms with E-state index in [0.29, 0.717) is 6.61 Å². The van der Waals surface area contributed by atoms with E-state index in [0.717, 1.165) is 37.9 Å². The number of aliphatic imine (C=N–C) groups is 1. The van der Waals surface area contributed by atoms with Gasteiger partial charge >= 0.3 is 0 Å². The highest BCUT2D eigenvalue weighted by molar-refractivity contribution is 14.0. The number of nitrogens with one attached hydrogen (secondary N) is 2. The fourth-order valence-corrected chi connectivity index (χ4v) is 3.62. The van der Waals surface area contributed by atoms with E-state index in [1.54, 1.807) is 0 Å². The summed E-state index contributed by atoms with van der Waals surface area (Å²) in [5.74, 6) is 1.97. The van der Waals surface area contributed by atoms with Crippen molar-refractivity contribution in [3.05, 3.63) is 0 Å². The van der Waals surface area contributed by atoms with Gasteiger partial charge in [-0.25, -0.2) is 0 Å². The summed E-state index contributed by atoms with van der Waals surface area (Å²) >= 11 is 0. The number of aliphatic hydroxyl groups is 1. The van der Waals surface area contributed by atoms with Gasteiger partial charge < -0.3 is 15.7 Å². The standard InChI is InChI=1S/C18H35N3O.HI/c1-2-19-17(20-13-6-7-16-8-9-16)21-15-18(12-14-22)10-4-3-5-11-18;/h16,22H,2-15H2,1H3,(H2,19,20,21);1H. The minimum absolute atomic E-state index is 0. The van der Waals surface area contributed by atoms with Crippen molar-refractivity contribution >= 4 is 29.9 Å². The van der Waals surface area contributed by atoms with Crippen molar-refractivity contribution in [2.24, 2.45) is 16.3 Å². The Labute approximate surface area is 159 Å². The summed E-state index contributed by atoms with van der Waals surface area (Å²) in [6.45, 7) is 5.19. The first-order valence-corrected chi connectivity index (χ1v) is 9.41. The van der Waals surface area contributed by atoms with Crippen LogP contribution in [0, 0.1) is 11.3 Å². The van der Waals surface area contributed by atoms with Crippen LogP contribution >= 0.6 is 24.0 Å². The fraction of sp³-hybridized carbons (Fsp3) is 0.944. The van der Waals surface area contributed by atoms with Crippen molar-refractivity contribution in [3.63, 3.8) is 0 Å². The van der Waals surface area contributed by atoms with Crippen molar-refractivity contribution in [3.8, 4) is 0 Å². The number of nitrogens with zero attached hydrogens (tertiary/aromatic N) is 1.